The molecule has 0 radical (unpaired) electrons. The number of carbonyl (C=O) groups excluding carboxylic acids is 1. The number of aryl methyl sites for hydroxylation is 1. The molecule has 0 spiro atoms. The minimum Gasteiger partial charge on any atom is -0.482 e. The van der Waals surface area contributed by atoms with Gasteiger partial charge in [0.1, 0.15) is 6.10 Å². The van der Waals surface area contributed by atoms with E-state index >= 15 is 0 Å². The van der Waals surface area contributed by atoms with Gasteiger partial charge < -0.3 is 14.8 Å². The third-order valence-corrected chi connectivity index (χ3v) is 3.81. The SMILES string of the molecule is Cn1cc(O[C@@H]2COC[C@@H]2NC(=O)c2ccc(CC#N)cc2)cn1. The summed E-state index contributed by atoms with van der Waals surface area (Å²) in [7, 11) is 1.81. The molecule has 0 unspecified atom stereocenters. The molecule has 1 aromatic carbocycles. The zero-order valence-corrected chi connectivity index (χ0v) is 13.3. The van der Waals surface area contributed by atoms with Gasteiger partial charge >= 0.3 is 0 Å². The highest BCUT2D eigenvalue weighted by Gasteiger charge is 2.32. The van der Waals surface area contributed by atoms with Crippen molar-refractivity contribution in [2.24, 2.45) is 7.05 Å². The normalized spacial score (nSPS) is 19.7. The molecule has 1 N–H and O–H groups in total. The highest BCUT2D eigenvalue weighted by molar-refractivity contribution is 5.94. The van der Waals surface area contributed by atoms with E-state index in [1.54, 1.807) is 41.3 Å². The number of nitrogens with zero attached hydrogens (tertiary/aromatic N) is 3. The molecule has 2 heterocycles. The number of aromatic nitrogens is 2. The molecule has 0 aliphatic carbocycles. The van der Waals surface area contributed by atoms with Crippen LogP contribution in [0.1, 0.15) is 15.9 Å². The Bertz CT molecular complexity index is 748. The van der Waals surface area contributed by atoms with Crippen molar-refractivity contribution < 1.29 is 14.3 Å². The second kappa shape index (κ2) is 7.15. The molecule has 0 bridgehead atoms. The largest absolute Gasteiger partial charge is 0.482 e. The monoisotopic (exact) mass is 326 g/mol. The first kappa shape index (κ1) is 16.0. The number of ether oxygens (including phenoxy) is 2. The Morgan fingerprint density at radius 1 is 1.46 bits per heavy atom. The van der Waals surface area contributed by atoms with Gasteiger partial charge in [0.05, 0.1) is 44.1 Å². The summed E-state index contributed by atoms with van der Waals surface area (Å²) in [5.41, 5.74) is 1.43. The zero-order chi connectivity index (χ0) is 16.9. The molecule has 1 aliphatic rings. The molecule has 0 saturated carbocycles. The highest BCUT2D eigenvalue weighted by atomic mass is 16.5. The predicted molar refractivity (Wildman–Crippen MR) is 85.5 cm³/mol. The minimum atomic E-state index is -0.254. The maximum atomic E-state index is 12.4. The molecule has 1 fully saturated rings. The van der Waals surface area contributed by atoms with Gasteiger partial charge in [0.15, 0.2) is 5.75 Å². The molecular weight excluding hydrogens is 308 g/mol. The Labute approximate surface area is 139 Å². The van der Waals surface area contributed by atoms with Gasteiger partial charge in [-0.3, -0.25) is 9.48 Å². The van der Waals surface area contributed by atoms with Gasteiger partial charge in [0.25, 0.3) is 5.91 Å². The van der Waals surface area contributed by atoms with Crippen molar-refractivity contribution in [1.29, 1.82) is 5.26 Å². The fraction of sp³-hybridized carbons (Fsp3) is 0.353. The van der Waals surface area contributed by atoms with E-state index in [0.717, 1.165) is 5.56 Å². The number of hydrogen-bond donors (Lipinski definition) is 1. The van der Waals surface area contributed by atoms with Crippen LogP contribution in [-0.4, -0.2) is 41.0 Å². The Morgan fingerprint density at radius 2 is 2.25 bits per heavy atom. The summed E-state index contributed by atoms with van der Waals surface area (Å²) in [6.45, 7) is 0.824. The Balaban J connectivity index is 1.61. The van der Waals surface area contributed by atoms with Crippen LogP contribution >= 0.6 is 0 Å². The third kappa shape index (κ3) is 3.73. The van der Waals surface area contributed by atoms with Gasteiger partial charge in [-0.25, -0.2) is 0 Å². The predicted octanol–water partition coefficient (Wildman–Crippen LogP) is 1.06. The molecule has 7 nitrogen and oxygen atoms in total. The fourth-order valence-electron chi connectivity index (χ4n) is 2.54. The van der Waals surface area contributed by atoms with E-state index in [4.69, 9.17) is 14.7 Å². The molecule has 2 aromatic rings. The van der Waals surface area contributed by atoms with Gasteiger partial charge in [0.2, 0.25) is 0 Å². The van der Waals surface area contributed by atoms with Crippen LogP contribution in [0.2, 0.25) is 0 Å². The number of nitrogens with one attached hydrogen (secondary N) is 1. The molecule has 3 rings (SSSR count). The summed E-state index contributed by atoms with van der Waals surface area (Å²) < 4.78 is 12.9. The lowest BCUT2D eigenvalue weighted by molar-refractivity contribution is 0.0904. The van der Waals surface area contributed by atoms with Gasteiger partial charge in [-0.2, -0.15) is 10.4 Å². The molecule has 1 aromatic heterocycles. The fourth-order valence-corrected chi connectivity index (χ4v) is 2.54. The van der Waals surface area contributed by atoms with Crippen LogP contribution in [0.4, 0.5) is 0 Å². The molecule has 2 atom stereocenters. The molecule has 124 valence electrons. The van der Waals surface area contributed by atoms with Crippen molar-refractivity contribution in [3.8, 4) is 11.8 Å². The number of benzene rings is 1. The van der Waals surface area contributed by atoms with Crippen molar-refractivity contribution in [3.05, 3.63) is 47.8 Å². The van der Waals surface area contributed by atoms with Crippen molar-refractivity contribution in [1.82, 2.24) is 15.1 Å². The van der Waals surface area contributed by atoms with Crippen molar-refractivity contribution in [3.63, 3.8) is 0 Å². The van der Waals surface area contributed by atoms with Crippen LogP contribution in [-0.2, 0) is 18.2 Å². The van der Waals surface area contributed by atoms with Crippen LogP contribution in [0.5, 0.6) is 5.75 Å². The Kier molecular flexibility index (Phi) is 4.77. The average Bonchev–Trinajstić information content (AvgIpc) is 3.18. The van der Waals surface area contributed by atoms with Gasteiger partial charge in [-0.15, -0.1) is 0 Å². The standard InChI is InChI=1S/C17H18N4O3/c1-21-9-14(8-19-21)24-16-11-23-10-15(16)20-17(22)13-4-2-12(3-5-13)6-7-18/h2-5,8-9,15-16H,6,10-11H2,1H3,(H,20,22)/t15-,16+/m0/s1. The number of carbonyl (C=O) groups is 1. The number of amides is 1. The van der Waals surface area contributed by atoms with Crippen LogP contribution < -0.4 is 10.1 Å². The lowest BCUT2D eigenvalue weighted by atomic mass is 10.1. The summed E-state index contributed by atoms with van der Waals surface area (Å²) >= 11 is 0. The van der Waals surface area contributed by atoms with Crippen LogP contribution in [0.15, 0.2) is 36.7 Å². The van der Waals surface area contributed by atoms with Gasteiger partial charge in [0, 0.05) is 12.6 Å². The van der Waals surface area contributed by atoms with Crippen LogP contribution in [0, 0.1) is 11.3 Å². The summed E-state index contributed by atoms with van der Waals surface area (Å²) in [6.07, 6.45) is 3.48. The Hall–Kier alpha value is -2.85. The van der Waals surface area contributed by atoms with E-state index in [1.807, 2.05) is 7.05 Å². The van der Waals surface area contributed by atoms with Crippen molar-refractivity contribution in [2.75, 3.05) is 13.2 Å². The molecule has 1 amide bonds. The lowest BCUT2D eigenvalue weighted by Crippen LogP contribution is -2.45. The summed E-state index contributed by atoms with van der Waals surface area (Å²) in [6, 6.07) is 8.86. The number of nitriles is 1. The minimum absolute atomic E-state index is 0.186. The Morgan fingerprint density at radius 3 is 2.92 bits per heavy atom. The first-order valence-electron chi connectivity index (χ1n) is 7.65. The van der Waals surface area contributed by atoms with Crippen LogP contribution in [0.25, 0.3) is 0 Å². The van der Waals surface area contributed by atoms with E-state index < -0.39 is 0 Å². The second-order valence-corrected chi connectivity index (χ2v) is 5.66. The van der Waals surface area contributed by atoms with Crippen molar-refractivity contribution >= 4 is 5.91 Å². The summed E-state index contributed by atoms with van der Waals surface area (Å²) in [5, 5.41) is 15.7. The molecular formula is C17H18N4O3. The molecule has 1 aliphatic heterocycles. The number of rotatable bonds is 5. The topological polar surface area (TPSA) is 89.2 Å². The maximum absolute atomic E-state index is 12.4. The summed E-state index contributed by atoms with van der Waals surface area (Å²) in [5.74, 6) is 0.460. The van der Waals surface area contributed by atoms with E-state index in [0.29, 0.717) is 30.9 Å². The van der Waals surface area contributed by atoms with E-state index in [9.17, 15) is 4.79 Å². The van der Waals surface area contributed by atoms with E-state index in [1.165, 1.54) is 0 Å². The first-order chi connectivity index (χ1) is 11.7. The van der Waals surface area contributed by atoms with Gasteiger partial charge in [-0.05, 0) is 17.7 Å². The smallest absolute Gasteiger partial charge is 0.251 e. The third-order valence-electron chi connectivity index (χ3n) is 3.81. The van der Waals surface area contributed by atoms with Crippen LogP contribution in [0.3, 0.4) is 0 Å². The molecule has 7 heteroatoms. The summed E-state index contributed by atoms with van der Waals surface area (Å²) in [4.78, 5) is 12.4. The first-order valence-corrected chi connectivity index (χ1v) is 7.65. The average molecular weight is 326 g/mol. The van der Waals surface area contributed by atoms with E-state index in [2.05, 4.69) is 16.5 Å². The molecule has 24 heavy (non-hydrogen) atoms. The van der Waals surface area contributed by atoms with Gasteiger partial charge in [-0.1, -0.05) is 12.1 Å². The maximum Gasteiger partial charge on any atom is 0.251 e. The quantitative estimate of drug-likeness (QED) is 0.887. The lowest BCUT2D eigenvalue weighted by Gasteiger charge is -2.19. The number of hydrogen-bond acceptors (Lipinski definition) is 5. The molecule has 1 saturated heterocycles. The highest BCUT2D eigenvalue weighted by Crippen LogP contribution is 2.16. The zero-order valence-electron chi connectivity index (χ0n) is 13.3. The second-order valence-electron chi connectivity index (χ2n) is 5.66. The van der Waals surface area contributed by atoms with E-state index in [-0.39, 0.29) is 18.1 Å². The van der Waals surface area contributed by atoms with Crippen molar-refractivity contribution in [2.45, 2.75) is 18.6 Å².